The molecule has 1 amide bonds. The van der Waals surface area contributed by atoms with E-state index in [-0.39, 0.29) is 34.5 Å². The normalized spacial score (nSPS) is 14.8. The van der Waals surface area contributed by atoms with Crippen LogP contribution >= 0.6 is 0 Å². The van der Waals surface area contributed by atoms with Gasteiger partial charge in [-0.1, -0.05) is 6.07 Å². The average molecular weight is 451 g/mol. The van der Waals surface area contributed by atoms with Crippen LogP contribution in [0.2, 0.25) is 0 Å². The van der Waals surface area contributed by atoms with Crippen molar-refractivity contribution >= 4 is 21.4 Å². The van der Waals surface area contributed by atoms with E-state index in [4.69, 9.17) is 4.74 Å². The predicted molar refractivity (Wildman–Crippen MR) is 106 cm³/mol. The lowest BCUT2D eigenvalue weighted by atomic mass is 10.1. The summed E-state index contributed by atoms with van der Waals surface area (Å²) < 4.78 is 70.0. The Morgan fingerprint density at radius 3 is 2.52 bits per heavy atom. The highest BCUT2D eigenvalue weighted by atomic mass is 32.2. The number of carbonyl (C=O) groups is 1. The van der Waals surface area contributed by atoms with Gasteiger partial charge in [0, 0.05) is 17.8 Å². The van der Waals surface area contributed by atoms with E-state index in [1.165, 1.54) is 23.8 Å². The summed E-state index contributed by atoms with van der Waals surface area (Å²) in [5.41, 5.74) is -0.449. The van der Waals surface area contributed by atoms with Crippen LogP contribution in [0, 0.1) is 0 Å². The molecule has 0 fully saturated rings. The molecule has 0 radical (unpaired) electrons. The monoisotopic (exact) mass is 451 g/mol. The Hall–Kier alpha value is -3.34. The van der Waals surface area contributed by atoms with Crippen molar-refractivity contribution in [1.82, 2.24) is 9.55 Å². The summed E-state index contributed by atoms with van der Waals surface area (Å²) in [4.78, 5) is 17.2. The summed E-state index contributed by atoms with van der Waals surface area (Å²) in [5, 5.41) is 2.18. The number of sulfone groups is 1. The van der Waals surface area contributed by atoms with Gasteiger partial charge in [-0.25, -0.2) is 13.4 Å². The van der Waals surface area contributed by atoms with E-state index in [9.17, 15) is 26.4 Å². The van der Waals surface area contributed by atoms with Crippen LogP contribution in [0.25, 0.3) is 11.3 Å². The van der Waals surface area contributed by atoms with Gasteiger partial charge in [-0.05, 0) is 42.5 Å². The summed E-state index contributed by atoms with van der Waals surface area (Å²) in [7, 11) is -2.18. The van der Waals surface area contributed by atoms with Crippen molar-refractivity contribution in [3.8, 4) is 17.0 Å². The lowest BCUT2D eigenvalue weighted by Crippen LogP contribution is -2.18. The van der Waals surface area contributed by atoms with Gasteiger partial charge in [-0.2, -0.15) is 13.2 Å². The second kappa shape index (κ2) is 7.41. The van der Waals surface area contributed by atoms with Gasteiger partial charge in [0.05, 0.1) is 18.4 Å². The number of aromatic nitrogens is 2. The molecule has 11 heteroatoms. The SMILES string of the molecule is COc1ccc(-c2nc3n(c2C(=O)Nc2cccc(C(F)(F)F)c2)CCS3(=O)=O)cc1. The van der Waals surface area contributed by atoms with E-state index in [0.29, 0.717) is 11.3 Å². The Morgan fingerprint density at radius 2 is 1.87 bits per heavy atom. The molecule has 162 valence electrons. The Bertz CT molecular complexity index is 1270. The lowest BCUT2D eigenvalue weighted by molar-refractivity contribution is -0.137. The third-order valence-electron chi connectivity index (χ3n) is 4.82. The number of fused-ring (bicyclic) bond motifs is 1. The summed E-state index contributed by atoms with van der Waals surface area (Å²) in [6.07, 6.45) is -4.57. The standard InChI is InChI=1S/C20H16F3N3O4S/c1-30-15-7-5-12(6-8-15)16-17(26-9-10-31(28,29)19(26)25-16)18(27)24-14-4-2-3-13(11-14)20(21,22)23/h2-8,11H,9-10H2,1H3,(H,24,27). The number of nitrogens with one attached hydrogen (secondary N) is 1. The second-order valence-electron chi connectivity index (χ2n) is 6.82. The highest BCUT2D eigenvalue weighted by Crippen LogP contribution is 2.33. The number of anilines is 1. The van der Waals surface area contributed by atoms with Gasteiger partial charge < -0.3 is 14.6 Å². The lowest BCUT2D eigenvalue weighted by Gasteiger charge is -2.11. The zero-order chi connectivity index (χ0) is 22.4. The third kappa shape index (κ3) is 3.88. The number of halogens is 3. The van der Waals surface area contributed by atoms with Crippen molar-refractivity contribution in [3.05, 3.63) is 59.8 Å². The number of hydrogen-bond donors (Lipinski definition) is 1. The summed E-state index contributed by atoms with van der Waals surface area (Å²) in [6, 6.07) is 10.7. The third-order valence-corrected chi connectivity index (χ3v) is 6.41. The Labute approximate surface area is 175 Å². The Morgan fingerprint density at radius 1 is 1.16 bits per heavy atom. The minimum Gasteiger partial charge on any atom is -0.497 e. The van der Waals surface area contributed by atoms with Crippen molar-refractivity contribution in [2.24, 2.45) is 0 Å². The maximum absolute atomic E-state index is 13.1. The molecule has 0 saturated heterocycles. The van der Waals surface area contributed by atoms with Gasteiger partial charge in [-0.15, -0.1) is 0 Å². The van der Waals surface area contributed by atoms with Crippen LogP contribution in [-0.4, -0.2) is 36.7 Å². The number of benzene rings is 2. The van der Waals surface area contributed by atoms with Gasteiger partial charge in [0.1, 0.15) is 17.1 Å². The number of methoxy groups -OCH3 is 1. The zero-order valence-corrected chi connectivity index (χ0v) is 16.9. The molecule has 0 spiro atoms. The van der Waals surface area contributed by atoms with Crippen LogP contribution in [-0.2, 0) is 22.6 Å². The van der Waals surface area contributed by atoms with Crippen LogP contribution in [0.3, 0.4) is 0 Å². The fourth-order valence-electron chi connectivity index (χ4n) is 3.32. The molecule has 0 unspecified atom stereocenters. The molecule has 0 bridgehead atoms. The molecule has 2 aromatic carbocycles. The molecular weight excluding hydrogens is 435 g/mol. The fraction of sp³-hybridized carbons (Fsp3) is 0.200. The molecule has 1 aliphatic rings. The largest absolute Gasteiger partial charge is 0.497 e. The van der Waals surface area contributed by atoms with E-state index in [0.717, 1.165) is 12.1 Å². The number of hydrogen-bond acceptors (Lipinski definition) is 5. The minimum absolute atomic E-state index is 0.0200. The Balaban J connectivity index is 1.77. The summed E-state index contributed by atoms with van der Waals surface area (Å²) in [5.74, 6) is -0.415. The number of ether oxygens (including phenoxy) is 1. The van der Waals surface area contributed by atoms with Crippen LogP contribution in [0.4, 0.5) is 18.9 Å². The zero-order valence-electron chi connectivity index (χ0n) is 16.1. The Kier molecular flexibility index (Phi) is 5.00. The second-order valence-corrected chi connectivity index (χ2v) is 8.83. The number of carbonyl (C=O) groups excluding carboxylic acids is 1. The summed E-state index contributed by atoms with van der Waals surface area (Å²) in [6.45, 7) is 0.0200. The van der Waals surface area contributed by atoms with Crippen molar-refractivity contribution in [1.29, 1.82) is 0 Å². The van der Waals surface area contributed by atoms with E-state index in [1.807, 2.05) is 0 Å². The first-order chi connectivity index (χ1) is 14.6. The molecule has 0 atom stereocenters. The fourth-order valence-corrected chi connectivity index (χ4v) is 4.68. The van der Waals surface area contributed by atoms with E-state index in [1.54, 1.807) is 24.3 Å². The van der Waals surface area contributed by atoms with E-state index in [2.05, 4.69) is 10.3 Å². The average Bonchev–Trinajstić information content (AvgIpc) is 3.25. The van der Waals surface area contributed by atoms with Gasteiger partial charge >= 0.3 is 6.18 Å². The van der Waals surface area contributed by atoms with Gasteiger partial charge in [0.25, 0.3) is 5.91 Å². The molecular formula is C20H16F3N3O4S. The number of amides is 1. The maximum Gasteiger partial charge on any atom is 0.416 e. The first kappa shape index (κ1) is 20.9. The van der Waals surface area contributed by atoms with Crippen LogP contribution in [0.1, 0.15) is 16.1 Å². The molecule has 0 saturated carbocycles. The van der Waals surface area contributed by atoms with Gasteiger partial charge in [-0.3, -0.25) is 4.79 Å². The summed E-state index contributed by atoms with van der Waals surface area (Å²) >= 11 is 0. The van der Waals surface area contributed by atoms with Crippen molar-refractivity contribution in [2.45, 2.75) is 17.9 Å². The maximum atomic E-state index is 13.1. The van der Waals surface area contributed by atoms with Crippen molar-refractivity contribution in [3.63, 3.8) is 0 Å². The highest BCUT2D eigenvalue weighted by Gasteiger charge is 2.36. The van der Waals surface area contributed by atoms with E-state index >= 15 is 0 Å². The highest BCUT2D eigenvalue weighted by molar-refractivity contribution is 7.91. The van der Waals surface area contributed by atoms with Crippen LogP contribution in [0.15, 0.2) is 53.7 Å². The van der Waals surface area contributed by atoms with Gasteiger partial charge in [0.2, 0.25) is 15.0 Å². The molecule has 31 heavy (non-hydrogen) atoms. The smallest absolute Gasteiger partial charge is 0.416 e. The number of imidazole rings is 1. The van der Waals surface area contributed by atoms with Crippen LogP contribution in [0.5, 0.6) is 5.75 Å². The molecule has 2 heterocycles. The predicted octanol–water partition coefficient (Wildman–Crippen LogP) is 3.62. The van der Waals surface area contributed by atoms with Gasteiger partial charge in [0.15, 0.2) is 0 Å². The van der Waals surface area contributed by atoms with E-state index < -0.39 is 27.5 Å². The van der Waals surface area contributed by atoms with Crippen LogP contribution < -0.4 is 10.1 Å². The first-order valence-electron chi connectivity index (χ1n) is 9.06. The minimum atomic E-state index is -4.57. The topological polar surface area (TPSA) is 90.3 Å². The molecule has 1 aliphatic heterocycles. The molecule has 4 rings (SSSR count). The number of nitrogens with zero attached hydrogens (tertiary/aromatic N) is 2. The van der Waals surface area contributed by atoms with Crippen molar-refractivity contribution < 1.29 is 31.1 Å². The molecule has 1 aromatic heterocycles. The molecule has 0 aliphatic carbocycles. The number of rotatable bonds is 4. The molecule has 7 nitrogen and oxygen atoms in total. The number of alkyl halides is 3. The quantitative estimate of drug-likeness (QED) is 0.655. The van der Waals surface area contributed by atoms with Crippen molar-refractivity contribution in [2.75, 3.05) is 18.2 Å². The first-order valence-corrected chi connectivity index (χ1v) is 10.7. The molecule has 1 N–H and O–H groups in total. The molecule has 3 aromatic rings.